The third-order valence-electron chi connectivity index (χ3n) is 7.55. The smallest absolute Gasteiger partial charge is 0.271 e. The maximum absolute atomic E-state index is 13.5. The molecule has 4 aromatic rings. The van der Waals surface area contributed by atoms with E-state index in [0.717, 1.165) is 49.3 Å². The highest BCUT2D eigenvalue weighted by Gasteiger charge is 2.25. The Kier molecular flexibility index (Phi) is 6.86. The van der Waals surface area contributed by atoms with Gasteiger partial charge in [-0.05, 0) is 59.7 Å². The molecular formula is C27H28ClN5O3S2. The fourth-order valence-corrected chi connectivity index (χ4v) is 7.53. The maximum atomic E-state index is 13.5. The van der Waals surface area contributed by atoms with E-state index in [1.165, 1.54) is 34.3 Å². The van der Waals surface area contributed by atoms with Crippen LogP contribution in [0.1, 0.15) is 29.2 Å². The molecule has 1 aliphatic heterocycles. The van der Waals surface area contributed by atoms with Crippen molar-refractivity contribution in [3.63, 3.8) is 0 Å². The van der Waals surface area contributed by atoms with Crippen molar-refractivity contribution < 1.29 is 8.42 Å². The van der Waals surface area contributed by atoms with E-state index in [2.05, 4.69) is 33.1 Å². The SMILES string of the molecule is CS(=O)(=O)N1CCN(Cc2ccc3c(c2)CC[C@H](n2cnc4cc(-c5ccnc(Cl)c5)sc4c2=O)C3)CC1. The molecule has 198 valence electrons. The zero-order chi connectivity index (χ0) is 26.4. The summed E-state index contributed by atoms with van der Waals surface area (Å²) in [6.07, 6.45) is 7.23. The van der Waals surface area contributed by atoms with Crippen LogP contribution in [0.25, 0.3) is 20.7 Å². The zero-order valence-electron chi connectivity index (χ0n) is 21.0. The van der Waals surface area contributed by atoms with Crippen LogP contribution in [-0.4, -0.2) is 64.6 Å². The number of piperazine rings is 1. The molecule has 1 aromatic carbocycles. The number of fused-ring (bicyclic) bond motifs is 2. The summed E-state index contributed by atoms with van der Waals surface area (Å²) in [4.78, 5) is 25.4. The molecule has 3 aromatic heterocycles. The van der Waals surface area contributed by atoms with Crippen molar-refractivity contribution in [2.75, 3.05) is 32.4 Å². The number of hydrogen-bond donors (Lipinski definition) is 0. The molecule has 8 nitrogen and oxygen atoms in total. The van der Waals surface area contributed by atoms with E-state index >= 15 is 0 Å². The first kappa shape index (κ1) is 25.6. The minimum atomic E-state index is -3.12. The summed E-state index contributed by atoms with van der Waals surface area (Å²) < 4.78 is 27.6. The molecule has 2 aliphatic rings. The lowest BCUT2D eigenvalue weighted by atomic mass is 9.87. The Labute approximate surface area is 230 Å². The molecule has 11 heteroatoms. The van der Waals surface area contributed by atoms with Gasteiger partial charge in [-0.25, -0.2) is 18.4 Å². The number of benzene rings is 1. The van der Waals surface area contributed by atoms with Crippen molar-refractivity contribution in [2.24, 2.45) is 0 Å². The molecule has 1 atom stereocenters. The van der Waals surface area contributed by atoms with Gasteiger partial charge in [0.1, 0.15) is 9.85 Å². The fraction of sp³-hybridized carbons (Fsp3) is 0.370. The van der Waals surface area contributed by atoms with Gasteiger partial charge in [0.25, 0.3) is 5.56 Å². The standard InChI is InChI=1S/C27H28ClN5O3S2/c1-38(35,36)32-10-8-31(9-11-32)16-18-2-3-20-13-22(5-4-19(20)12-18)33-17-30-23-15-24(37-26(23)27(33)34)21-6-7-29-25(28)14-21/h2-3,6-7,12,14-15,17,22H,4-5,8-11,13,16H2,1H3/t22-/m0/s1. The van der Waals surface area contributed by atoms with Crippen molar-refractivity contribution >= 4 is 43.2 Å². The zero-order valence-corrected chi connectivity index (χ0v) is 23.4. The van der Waals surface area contributed by atoms with Crippen LogP contribution in [-0.2, 0) is 29.4 Å². The van der Waals surface area contributed by atoms with Crippen molar-refractivity contribution in [1.82, 2.24) is 23.7 Å². The van der Waals surface area contributed by atoms with Crippen LogP contribution in [0.5, 0.6) is 0 Å². The van der Waals surface area contributed by atoms with E-state index in [-0.39, 0.29) is 11.6 Å². The molecule has 0 radical (unpaired) electrons. The van der Waals surface area contributed by atoms with Gasteiger partial charge in [0.05, 0.1) is 18.1 Å². The highest BCUT2D eigenvalue weighted by atomic mass is 35.5. The average Bonchev–Trinajstić information content (AvgIpc) is 3.34. The summed E-state index contributed by atoms with van der Waals surface area (Å²) in [6.45, 7) is 3.38. The van der Waals surface area contributed by atoms with E-state index < -0.39 is 10.0 Å². The highest BCUT2D eigenvalue weighted by Crippen LogP contribution is 2.33. The lowest BCUT2D eigenvalue weighted by Crippen LogP contribution is -2.47. The largest absolute Gasteiger partial charge is 0.296 e. The molecule has 1 aliphatic carbocycles. The first-order valence-corrected chi connectivity index (χ1v) is 15.7. The van der Waals surface area contributed by atoms with Gasteiger partial charge >= 0.3 is 0 Å². The molecule has 0 saturated carbocycles. The second kappa shape index (κ2) is 10.2. The third kappa shape index (κ3) is 5.15. The molecule has 1 fully saturated rings. The number of thiophene rings is 1. The third-order valence-corrected chi connectivity index (χ3v) is 10.2. The molecule has 0 N–H and O–H groups in total. The lowest BCUT2D eigenvalue weighted by Gasteiger charge is -2.33. The Balaban J connectivity index is 1.17. The number of nitrogens with zero attached hydrogens (tertiary/aromatic N) is 5. The summed E-state index contributed by atoms with van der Waals surface area (Å²) in [5.41, 5.74) is 5.50. The van der Waals surface area contributed by atoms with Gasteiger partial charge < -0.3 is 0 Å². The van der Waals surface area contributed by atoms with Crippen molar-refractivity contribution in [2.45, 2.75) is 31.8 Å². The van der Waals surface area contributed by atoms with Crippen LogP contribution in [0.15, 0.2) is 53.7 Å². The van der Waals surface area contributed by atoms with Crippen LogP contribution in [0.4, 0.5) is 0 Å². The number of sulfonamides is 1. The van der Waals surface area contributed by atoms with Gasteiger partial charge in [-0.1, -0.05) is 29.8 Å². The monoisotopic (exact) mass is 569 g/mol. The number of aryl methyl sites for hydroxylation is 1. The van der Waals surface area contributed by atoms with Gasteiger partial charge in [-0.2, -0.15) is 4.31 Å². The molecule has 0 unspecified atom stereocenters. The molecule has 0 bridgehead atoms. The second-order valence-corrected chi connectivity index (χ2v) is 13.5. The van der Waals surface area contributed by atoms with Gasteiger partial charge in [0, 0.05) is 49.8 Å². The lowest BCUT2D eigenvalue weighted by molar-refractivity contribution is 0.182. The fourth-order valence-electron chi connectivity index (χ4n) is 5.49. The second-order valence-electron chi connectivity index (χ2n) is 10.1. The predicted molar refractivity (Wildman–Crippen MR) is 151 cm³/mol. The van der Waals surface area contributed by atoms with Gasteiger partial charge in [-0.3, -0.25) is 14.3 Å². The van der Waals surface area contributed by atoms with Crippen molar-refractivity contribution in [1.29, 1.82) is 0 Å². The highest BCUT2D eigenvalue weighted by molar-refractivity contribution is 7.88. The summed E-state index contributed by atoms with van der Waals surface area (Å²) >= 11 is 7.51. The van der Waals surface area contributed by atoms with Crippen LogP contribution >= 0.6 is 22.9 Å². The van der Waals surface area contributed by atoms with Gasteiger partial charge in [-0.15, -0.1) is 11.3 Å². The molecule has 1 saturated heterocycles. The number of pyridine rings is 1. The van der Waals surface area contributed by atoms with Crippen LogP contribution in [0.3, 0.4) is 0 Å². The molecule has 4 heterocycles. The van der Waals surface area contributed by atoms with Crippen LogP contribution in [0.2, 0.25) is 5.15 Å². The van der Waals surface area contributed by atoms with E-state index in [9.17, 15) is 13.2 Å². The van der Waals surface area contributed by atoms with Gasteiger partial charge in [0.15, 0.2) is 0 Å². The first-order valence-electron chi connectivity index (χ1n) is 12.7. The Morgan fingerprint density at radius 1 is 1.05 bits per heavy atom. The predicted octanol–water partition coefficient (Wildman–Crippen LogP) is 3.98. The number of aromatic nitrogens is 3. The topological polar surface area (TPSA) is 88.4 Å². The van der Waals surface area contributed by atoms with Crippen LogP contribution < -0.4 is 5.56 Å². The van der Waals surface area contributed by atoms with E-state index in [1.807, 2.05) is 12.1 Å². The quantitative estimate of drug-likeness (QED) is 0.338. The Morgan fingerprint density at radius 2 is 1.87 bits per heavy atom. The normalized spacial score (nSPS) is 19.1. The van der Waals surface area contributed by atoms with Crippen LogP contribution in [0, 0.1) is 0 Å². The van der Waals surface area contributed by atoms with E-state index in [4.69, 9.17) is 11.6 Å². The maximum Gasteiger partial charge on any atom is 0.271 e. The first-order chi connectivity index (χ1) is 18.2. The minimum absolute atomic E-state index is 0.00436. The Hall–Kier alpha value is -2.63. The number of rotatable bonds is 5. The summed E-state index contributed by atoms with van der Waals surface area (Å²) in [5, 5.41) is 0.420. The molecular weight excluding hydrogens is 542 g/mol. The Bertz CT molecular complexity index is 1680. The molecule has 6 rings (SSSR count). The average molecular weight is 570 g/mol. The number of hydrogen-bond acceptors (Lipinski definition) is 7. The summed E-state index contributed by atoms with van der Waals surface area (Å²) in [5.74, 6) is 0. The summed E-state index contributed by atoms with van der Waals surface area (Å²) in [7, 11) is -3.12. The minimum Gasteiger partial charge on any atom is -0.296 e. The van der Waals surface area contributed by atoms with Crippen molar-refractivity contribution in [3.05, 3.63) is 81.1 Å². The molecule has 38 heavy (non-hydrogen) atoms. The Morgan fingerprint density at radius 3 is 2.63 bits per heavy atom. The number of halogens is 1. The summed E-state index contributed by atoms with van der Waals surface area (Å²) in [6, 6.07) is 12.3. The van der Waals surface area contributed by atoms with Crippen molar-refractivity contribution in [3.8, 4) is 10.4 Å². The van der Waals surface area contributed by atoms with E-state index in [1.54, 1.807) is 27.5 Å². The molecule has 0 spiro atoms. The molecule has 0 amide bonds. The van der Waals surface area contributed by atoms with Gasteiger partial charge in [0.2, 0.25) is 10.0 Å². The van der Waals surface area contributed by atoms with E-state index in [0.29, 0.717) is 28.5 Å².